The molecule has 1 N–H and O–H groups in total. The van der Waals surface area contributed by atoms with Crippen LogP contribution >= 0.6 is 11.6 Å². The van der Waals surface area contributed by atoms with Crippen molar-refractivity contribution in [3.8, 4) is 0 Å². The van der Waals surface area contributed by atoms with Crippen molar-refractivity contribution >= 4 is 22.5 Å². The summed E-state index contributed by atoms with van der Waals surface area (Å²) in [6.45, 7) is 0. The lowest BCUT2D eigenvalue weighted by molar-refractivity contribution is -0.137. The molecule has 3 aromatic rings. The summed E-state index contributed by atoms with van der Waals surface area (Å²) in [4.78, 5) is 3.12. The van der Waals surface area contributed by atoms with Crippen LogP contribution in [-0.4, -0.2) is 4.98 Å². The Balaban J connectivity index is 1.88. The predicted octanol–water partition coefficient (Wildman–Crippen LogP) is 5.43. The molecule has 1 aromatic heterocycles. The van der Waals surface area contributed by atoms with Gasteiger partial charge in [-0.1, -0.05) is 29.8 Å². The molecular formula is C16H11ClF3N. The first-order valence-corrected chi connectivity index (χ1v) is 6.73. The molecule has 0 spiro atoms. The molecule has 21 heavy (non-hydrogen) atoms. The standard InChI is InChI=1S/C16H11ClF3N/c17-13-5-6-14-11(9-21-15(14)8-13)7-10-1-3-12(4-2-10)16(18,19)20/h1-6,8-9,21H,7H2. The van der Waals surface area contributed by atoms with Crippen LogP contribution in [0.2, 0.25) is 5.02 Å². The molecule has 0 unspecified atom stereocenters. The van der Waals surface area contributed by atoms with E-state index in [2.05, 4.69) is 4.98 Å². The van der Waals surface area contributed by atoms with E-state index >= 15 is 0 Å². The van der Waals surface area contributed by atoms with Crippen molar-refractivity contribution in [1.82, 2.24) is 4.98 Å². The van der Waals surface area contributed by atoms with Crippen LogP contribution in [0.15, 0.2) is 48.7 Å². The van der Waals surface area contributed by atoms with E-state index < -0.39 is 11.7 Å². The van der Waals surface area contributed by atoms with E-state index in [0.29, 0.717) is 11.4 Å². The van der Waals surface area contributed by atoms with Crippen molar-refractivity contribution in [2.75, 3.05) is 0 Å². The second-order valence-electron chi connectivity index (χ2n) is 4.88. The smallest absolute Gasteiger partial charge is 0.361 e. The summed E-state index contributed by atoms with van der Waals surface area (Å²) in [7, 11) is 0. The van der Waals surface area contributed by atoms with Crippen molar-refractivity contribution in [2.24, 2.45) is 0 Å². The maximum atomic E-state index is 12.5. The van der Waals surface area contributed by atoms with E-state index in [1.807, 2.05) is 18.3 Å². The van der Waals surface area contributed by atoms with E-state index in [0.717, 1.165) is 34.2 Å². The molecule has 1 heterocycles. The van der Waals surface area contributed by atoms with Crippen molar-refractivity contribution in [2.45, 2.75) is 12.6 Å². The van der Waals surface area contributed by atoms with Crippen molar-refractivity contribution in [3.63, 3.8) is 0 Å². The van der Waals surface area contributed by atoms with Crippen LogP contribution in [0.3, 0.4) is 0 Å². The van der Waals surface area contributed by atoms with Gasteiger partial charge >= 0.3 is 6.18 Å². The lowest BCUT2D eigenvalue weighted by Crippen LogP contribution is -2.04. The Hall–Kier alpha value is -1.94. The number of alkyl halides is 3. The number of hydrogen-bond acceptors (Lipinski definition) is 0. The van der Waals surface area contributed by atoms with Gasteiger partial charge in [-0.25, -0.2) is 0 Å². The van der Waals surface area contributed by atoms with Crippen LogP contribution in [0.5, 0.6) is 0 Å². The van der Waals surface area contributed by atoms with Crippen LogP contribution in [0, 0.1) is 0 Å². The normalized spacial score (nSPS) is 12.0. The van der Waals surface area contributed by atoms with Gasteiger partial charge in [0.15, 0.2) is 0 Å². The maximum absolute atomic E-state index is 12.5. The molecule has 0 saturated heterocycles. The van der Waals surface area contributed by atoms with Gasteiger partial charge < -0.3 is 4.98 Å². The number of nitrogens with one attached hydrogen (secondary N) is 1. The van der Waals surface area contributed by atoms with Crippen molar-refractivity contribution in [1.29, 1.82) is 0 Å². The fraction of sp³-hybridized carbons (Fsp3) is 0.125. The summed E-state index contributed by atoms with van der Waals surface area (Å²) in [5.74, 6) is 0. The molecule has 0 radical (unpaired) electrons. The Kier molecular flexibility index (Phi) is 3.41. The number of aromatic amines is 1. The monoisotopic (exact) mass is 309 g/mol. The Bertz CT molecular complexity index is 772. The molecule has 0 aliphatic carbocycles. The third kappa shape index (κ3) is 2.90. The minimum atomic E-state index is -4.30. The predicted molar refractivity (Wildman–Crippen MR) is 77.6 cm³/mol. The quantitative estimate of drug-likeness (QED) is 0.649. The number of aromatic nitrogens is 1. The van der Waals surface area contributed by atoms with E-state index in [1.165, 1.54) is 12.1 Å². The summed E-state index contributed by atoms with van der Waals surface area (Å²) in [5, 5.41) is 1.67. The van der Waals surface area contributed by atoms with Crippen LogP contribution < -0.4 is 0 Å². The zero-order chi connectivity index (χ0) is 15.0. The van der Waals surface area contributed by atoms with Crippen LogP contribution in [0.1, 0.15) is 16.7 Å². The summed E-state index contributed by atoms with van der Waals surface area (Å²) in [5.41, 5.74) is 2.15. The van der Waals surface area contributed by atoms with Gasteiger partial charge in [0.2, 0.25) is 0 Å². The molecule has 0 aliphatic rings. The van der Waals surface area contributed by atoms with E-state index in [9.17, 15) is 13.2 Å². The molecule has 1 nitrogen and oxygen atoms in total. The maximum Gasteiger partial charge on any atom is 0.416 e. The number of fused-ring (bicyclic) bond motifs is 1. The average Bonchev–Trinajstić information content (AvgIpc) is 2.80. The molecule has 3 rings (SSSR count). The highest BCUT2D eigenvalue weighted by Gasteiger charge is 2.29. The molecule has 0 atom stereocenters. The molecular weight excluding hydrogens is 299 g/mol. The highest BCUT2D eigenvalue weighted by Crippen LogP contribution is 2.30. The lowest BCUT2D eigenvalue weighted by atomic mass is 10.0. The average molecular weight is 310 g/mol. The molecule has 0 fully saturated rings. The summed E-state index contributed by atoms with van der Waals surface area (Å²) < 4.78 is 37.6. The first-order valence-electron chi connectivity index (χ1n) is 6.35. The minimum absolute atomic E-state index is 0.569. The van der Waals surface area contributed by atoms with Gasteiger partial charge in [-0.05, 0) is 41.8 Å². The molecule has 0 bridgehead atoms. The van der Waals surface area contributed by atoms with Gasteiger partial charge in [0.05, 0.1) is 5.56 Å². The third-order valence-corrected chi connectivity index (χ3v) is 3.64. The van der Waals surface area contributed by atoms with E-state index in [-0.39, 0.29) is 0 Å². The largest absolute Gasteiger partial charge is 0.416 e. The first-order chi connectivity index (χ1) is 9.93. The van der Waals surface area contributed by atoms with Crippen LogP contribution in [0.4, 0.5) is 13.2 Å². The van der Waals surface area contributed by atoms with E-state index in [1.54, 1.807) is 6.07 Å². The molecule has 0 saturated carbocycles. The Morgan fingerprint density at radius 1 is 1.00 bits per heavy atom. The highest BCUT2D eigenvalue weighted by atomic mass is 35.5. The van der Waals surface area contributed by atoms with E-state index in [4.69, 9.17) is 11.6 Å². The van der Waals surface area contributed by atoms with Gasteiger partial charge in [0.1, 0.15) is 0 Å². The topological polar surface area (TPSA) is 15.8 Å². The molecule has 5 heteroatoms. The van der Waals surface area contributed by atoms with Gasteiger partial charge in [0, 0.05) is 22.1 Å². The fourth-order valence-corrected chi connectivity index (χ4v) is 2.51. The van der Waals surface area contributed by atoms with Crippen molar-refractivity contribution in [3.05, 3.63) is 70.4 Å². The Morgan fingerprint density at radius 3 is 2.38 bits per heavy atom. The van der Waals surface area contributed by atoms with Gasteiger partial charge in [0.25, 0.3) is 0 Å². The molecule has 0 amide bonds. The Labute approximate surface area is 124 Å². The number of H-pyrrole nitrogens is 1. The highest BCUT2D eigenvalue weighted by molar-refractivity contribution is 6.31. The first kappa shape index (κ1) is 14.0. The van der Waals surface area contributed by atoms with Gasteiger partial charge in [-0.2, -0.15) is 13.2 Å². The third-order valence-electron chi connectivity index (χ3n) is 3.41. The number of rotatable bonds is 2. The summed E-state index contributed by atoms with van der Waals surface area (Å²) in [6.07, 6.45) is -1.87. The number of halogens is 4. The van der Waals surface area contributed by atoms with Crippen LogP contribution in [0.25, 0.3) is 10.9 Å². The molecule has 2 aromatic carbocycles. The zero-order valence-electron chi connectivity index (χ0n) is 10.8. The minimum Gasteiger partial charge on any atom is -0.361 e. The summed E-state index contributed by atoms with van der Waals surface area (Å²) >= 11 is 5.92. The second kappa shape index (κ2) is 5.11. The zero-order valence-corrected chi connectivity index (χ0v) is 11.6. The number of hydrogen-bond donors (Lipinski definition) is 1. The second-order valence-corrected chi connectivity index (χ2v) is 5.31. The van der Waals surface area contributed by atoms with Crippen molar-refractivity contribution < 1.29 is 13.2 Å². The Morgan fingerprint density at radius 2 is 1.71 bits per heavy atom. The lowest BCUT2D eigenvalue weighted by Gasteiger charge is -2.07. The SMILES string of the molecule is FC(F)(F)c1ccc(Cc2c[nH]c3cc(Cl)ccc23)cc1. The molecule has 108 valence electrons. The summed E-state index contributed by atoms with van der Waals surface area (Å²) in [6, 6.07) is 10.8. The fourth-order valence-electron chi connectivity index (χ4n) is 2.34. The van der Waals surface area contributed by atoms with Gasteiger partial charge in [-0.15, -0.1) is 0 Å². The molecule has 0 aliphatic heterocycles. The van der Waals surface area contributed by atoms with Crippen LogP contribution in [-0.2, 0) is 12.6 Å². The van der Waals surface area contributed by atoms with Gasteiger partial charge in [-0.3, -0.25) is 0 Å². The number of benzene rings is 2.